The zero-order chi connectivity index (χ0) is 16.0. The molecule has 0 N–H and O–H groups in total. The fraction of sp³-hybridized carbons (Fsp3) is 0.444. The summed E-state index contributed by atoms with van der Waals surface area (Å²) in [5.74, 6) is -0.299. The third-order valence-electron chi connectivity index (χ3n) is 4.94. The van der Waals surface area contributed by atoms with E-state index in [0.29, 0.717) is 29.9 Å². The molecule has 1 saturated carbocycles. The Kier molecular flexibility index (Phi) is 3.53. The Morgan fingerprint density at radius 3 is 3.09 bits per heavy atom. The third kappa shape index (κ3) is 2.49. The summed E-state index contributed by atoms with van der Waals surface area (Å²) >= 11 is 0. The highest BCUT2D eigenvalue weighted by Crippen LogP contribution is 2.31. The van der Waals surface area contributed by atoms with E-state index in [4.69, 9.17) is 4.74 Å². The Morgan fingerprint density at radius 2 is 2.22 bits per heavy atom. The van der Waals surface area contributed by atoms with Crippen molar-refractivity contribution in [3.8, 4) is 0 Å². The normalized spacial score (nSPS) is 24.0. The largest absolute Gasteiger partial charge is 0.374 e. The summed E-state index contributed by atoms with van der Waals surface area (Å²) in [6, 6.07) is 6.48. The van der Waals surface area contributed by atoms with Crippen LogP contribution in [0.5, 0.6) is 0 Å². The molecule has 1 saturated heterocycles. The van der Waals surface area contributed by atoms with Crippen molar-refractivity contribution in [1.82, 2.24) is 9.88 Å². The van der Waals surface area contributed by atoms with Crippen LogP contribution in [-0.2, 0) is 4.74 Å². The first kappa shape index (κ1) is 14.6. The second kappa shape index (κ2) is 5.57. The van der Waals surface area contributed by atoms with Crippen LogP contribution in [-0.4, -0.2) is 41.1 Å². The molecule has 2 heterocycles. The Balaban J connectivity index is 1.71. The van der Waals surface area contributed by atoms with Crippen molar-refractivity contribution in [3.05, 3.63) is 41.3 Å². The van der Waals surface area contributed by atoms with Gasteiger partial charge in [-0.15, -0.1) is 0 Å². The number of rotatable bonds is 1. The van der Waals surface area contributed by atoms with E-state index in [9.17, 15) is 9.18 Å². The molecule has 2 fully saturated rings. The number of hydrogen-bond acceptors (Lipinski definition) is 3. The lowest BCUT2D eigenvalue weighted by molar-refractivity contribution is -0.0445. The van der Waals surface area contributed by atoms with Gasteiger partial charge in [-0.2, -0.15) is 0 Å². The Morgan fingerprint density at radius 1 is 1.35 bits per heavy atom. The number of aromatic nitrogens is 1. The van der Waals surface area contributed by atoms with Gasteiger partial charge in [0.05, 0.1) is 35.5 Å². The smallest absolute Gasteiger partial charge is 0.256 e. The SMILES string of the molecule is Cc1nc2cc(F)ccc2cc1C(=O)N1CCO[C@H]2CCC[C@H]21. The molecule has 1 aromatic carbocycles. The number of morpholine rings is 1. The summed E-state index contributed by atoms with van der Waals surface area (Å²) < 4.78 is 19.1. The molecule has 0 unspecified atom stereocenters. The van der Waals surface area contributed by atoms with E-state index in [-0.39, 0.29) is 23.9 Å². The second-order valence-corrected chi connectivity index (χ2v) is 6.36. The number of aryl methyl sites for hydroxylation is 1. The van der Waals surface area contributed by atoms with Crippen molar-refractivity contribution in [2.75, 3.05) is 13.2 Å². The molecular weight excluding hydrogens is 295 g/mol. The van der Waals surface area contributed by atoms with Gasteiger partial charge in [-0.3, -0.25) is 9.78 Å². The molecule has 0 spiro atoms. The zero-order valence-electron chi connectivity index (χ0n) is 13.1. The maximum Gasteiger partial charge on any atom is 0.256 e. The van der Waals surface area contributed by atoms with Crippen LogP contribution in [0.3, 0.4) is 0 Å². The summed E-state index contributed by atoms with van der Waals surface area (Å²) in [6.45, 7) is 3.03. The Bertz CT molecular complexity index is 777. The van der Waals surface area contributed by atoms with E-state index in [1.54, 1.807) is 6.07 Å². The molecule has 2 aromatic rings. The number of carbonyl (C=O) groups excluding carboxylic acids is 1. The summed E-state index contributed by atoms with van der Waals surface area (Å²) in [4.78, 5) is 19.4. The van der Waals surface area contributed by atoms with Crippen molar-refractivity contribution in [2.24, 2.45) is 0 Å². The number of ether oxygens (including phenoxy) is 1. The van der Waals surface area contributed by atoms with Gasteiger partial charge in [-0.25, -0.2) is 4.39 Å². The first-order valence-electron chi connectivity index (χ1n) is 8.13. The Hall–Kier alpha value is -2.01. The van der Waals surface area contributed by atoms with E-state index < -0.39 is 0 Å². The minimum Gasteiger partial charge on any atom is -0.374 e. The van der Waals surface area contributed by atoms with E-state index in [1.807, 2.05) is 17.9 Å². The summed E-state index contributed by atoms with van der Waals surface area (Å²) in [7, 11) is 0. The molecule has 2 aliphatic rings. The van der Waals surface area contributed by atoms with E-state index in [2.05, 4.69) is 4.98 Å². The molecule has 1 aliphatic carbocycles. The second-order valence-electron chi connectivity index (χ2n) is 6.36. The number of fused-ring (bicyclic) bond motifs is 2. The molecule has 1 amide bonds. The van der Waals surface area contributed by atoms with Gasteiger partial charge in [0, 0.05) is 18.0 Å². The highest BCUT2D eigenvalue weighted by atomic mass is 19.1. The van der Waals surface area contributed by atoms with Crippen LogP contribution in [0, 0.1) is 12.7 Å². The van der Waals surface area contributed by atoms with Crippen LogP contribution in [0.4, 0.5) is 4.39 Å². The molecule has 120 valence electrons. The lowest BCUT2D eigenvalue weighted by Crippen LogP contribution is -2.51. The first-order valence-corrected chi connectivity index (χ1v) is 8.13. The van der Waals surface area contributed by atoms with Crippen LogP contribution in [0.25, 0.3) is 10.9 Å². The van der Waals surface area contributed by atoms with Crippen molar-refractivity contribution in [3.63, 3.8) is 0 Å². The summed E-state index contributed by atoms with van der Waals surface area (Å²) in [5, 5.41) is 0.789. The van der Waals surface area contributed by atoms with Gasteiger partial charge in [0.2, 0.25) is 0 Å². The molecule has 1 aliphatic heterocycles. The quantitative estimate of drug-likeness (QED) is 0.812. The topological polar surface area (TPSA) is 42.4 Å². The van der Waals surface area contributed by atoms with Crippen LogP contribution >= 0.6 is 0 Å². The number of halogens is 1. The average molecular weight is 314 g/mol. The van der Waals surface area contributed by atoms with Gasteiger partial charge in [0.25, 0.3) is 5.91 Å². The molecule has 5 heteroatoms. The molecule has 1 aromatic heterocycles. The lowest BCUT2D eigenvalue weighted by atomic mass is 10.1. The minimum atomic E-state index is -0.314. The number of hydrogen-bond donors (Lipinski definition) is 0. The minimum absolute atomic E-state index is 0.0152. The lowest BCUT2D eigenvalue weighted by Gasteiger charge is -2.37. The van der Waals surface area contributed by atoms with Gasteiger partial charge >= 0.3 is 0 Å². The maximum absolute atomic E-state index is 13.3. The number of pyridine rings is 1. The predicted molar refractivity (Wildman–Crippen MR) is 84.9 cm³/mol. The molecule has 23 heavy (non-hydrogen) atoms. The van der Waals surface area contributed by atoms with Crippen molar-refractivity contribution in [1.29, 1.82) is 0 Å². The molecule has 4 rings (SSSR count). The van der Waals surface area contributed by atoms with Gasteiger partial charge < -0.3 is 9.64 Å². The predicted octanol–water partition coefficient (Wildman–Crippen LogP) is 3.08. The molecule has 0 bridgehead atoms. The van der Waals surface area contributed by atoms with Crippen LogP contribution < -0.4 is 0 Å². The first-order chi connectivity index (χ1) is 11.1. The summed E-state index contributed by atoms with van der Waals surface area (Å²) in [6.07, 6.45) is 3.31. The monoisotopic (exact) mass is 314 g/mol. The van der Waals surface area contributed by atoms with Crippen molar-refractivity contribution < 1.29 is 13.9 Å². The van der Waals surface area contributed by atoms with Crippen LogP contribution in [0.2, 0.25) is 0 Å². The van der Waals surface area contributed by atoms with Gasteiger partial charge in [0.15, 0.2) is 0 Å². The number of nitrogens with zero attached hydrogens (tertiary/aromatic N) is 2. The van der Waals surface area contributed by atoms with Gasteiger partial charge in [0.1, 0.15) is 5.82 Å². The molecule has 2 atom stereocenters. The number of carbonyl (C=O) groups is 1. The van der Waals surface area contributed by atoms with Crippen molar-refractivity contribution >= 4 is 16.8 Å². The average Bonchev–Trinajstić information content (AvgIpc) is 3.02. The van der Waals surface area contributed by atoms with Gasteiger partial charge in [-0.05, 0) is 44.4 Å². The molecule has 4 nitrogen and oxygen atoms in total. The number of benzene rings is 1. The van der Waals surface area contributed by atoms with E-state index in [1.165, 1.54) is 12.1 Å². The third-order valence-corrected chi connectivity index (χ3v) is 4.94. The highest BCUT2D eigenvalue weighted by molar-refractivity contribution is 5.99. The van der Waals surface area contributed by atoms with Crippen LogP contribution in [0.15, 0.2) is 24.3 Å². The standard InChI is InChI=1S/C18H19FN2O2/c1-11-14(9-12-5-6-13(19)10-15(12)20-11)18(22)21-7-8-23-17-4-2-3-16(17)21/h5-6,9-10,16-17H,2-4,7-8H2,1H3/t16-,17+/m1/s1. The summed E-state index contributed by atoms with van der Waals surface area (Å²) in [5.41, 5.74) is 1.84. The zero-order valence-corrected chi connectivity index (χ0v) is 13.1. The fourth-order valence-electron chi connectivity index (χ4n) is 3.79. The maximum atomic E-state index is 13.3. The van der Waals surface area contributed by atoms with Crippen molar-refractivity contribution in [2.45, 2.75) is 38.3 Å². The highest BCUT2D eigenvalue weighted by Gasteiger charge is 2.39. The van der Waals surface area contributed by atoms with Gasteiger partial charge in [-0.1, -0.05) is 0 Å². The van der Waals surface area contributed by atoms with E-state index >= 15 is 0 Å². The van der Waals surface area contributed by atoms with Crippen LogP contribution in [0.1, 0.15) is 35.3 Å². The molecule has 0 radical (unpaired) electrons. The molecular formula is C18H19FN2O2. The Labute approximate surface area is 134 Å². The fourth-order valence-corrected chi connectivity index (χ4v) is 3.79. The van der Waals surface area contributed by atoms with E-state index in [0.717, 1.165) is 24.6 Å². The number of amides is 1.